The Kier molecular flexibility index (Phi) is 8.23. The molecule has 206 valence electrons. The number of hydrogen-bond acceptors (Lipinski definition) is 5. The summed E-state index contributed by atoms with van der Waals surface area (Å²) in [6.07, 6.45) is 6.03. The Morgan fingerprint density at radius 2 is 2.03 bits per heavy atom. The third-order valence-corrected chi connectivity index (χ3v) is 7.46. The number of fused-ring (bicyclic) bond motifs is 1. The number of benzene rings is 1. The lowest BCUT2D eigenvalue weighted by Crippen LogP contribution is -2.40. The normalized spacial score (nSPS) is 20.6. The van der Waals surface area contributed by atoms with Gasteiger partial charge in [-0.1, -0.05) is 25.1 Å². The van der Waals surface area contributed by atoms with Gasteiger partial charge >= 0.3 is 0 Å². The third kappa shape index (κ3) is 6.12. The van der Waals surface area contributed by atoms with E-state index in [-0.39, 0.29) is 35.6 Å². The van der Waals surface area contributed by atoms with Crippen molar-refractivity contribution in [3.05, 3.63) is 89.3 Å². The van der Waals surface area contributed by atoms with E-state index in [2.05, 4.69) is 22.2 Å². The van der Waals surface area contributed by atoms with Crippen molar-refractivity contribution in [2.75, 3.05) is 19.9 Å². The molecule has 0 bridgehead atoms. The fourth-order valence-corrected chi connectivity index (χ4v) is 5.62. The number of aromatic nitrogens is 3. The molecule has 9 nitrogen and oxygen atoms in total. The molecule has 3 atom stereocenters. The van der Waals surface area contributed by atoms with Gasteiger partial charge in [-0.3, -0.25) is 19.6 Å². The number of carbonyl (C=O) groups is 2. The molecule has 1 aliphatic heterocycles. The summed E-state index contributed by atoms with van der Waals surface area (Å²) in [5, 5.41) is 11.3. The SMILES string of the molecule is C=CCOCNC1CCC(NC(=O)c2nn(Cc3ccc(F)cc3)c3c2CN(C(=O)c2ccc[nH]2)C[C@H]3C)C1. The van der Waals surface area contributed by atoms with Crippen molar-refractivity contribution in [2.45, 2.75) is 57.3 Å². The highest BCUT2D eigenvalue weighted by atomic mass is 19.1. The van der Waals surface area contributed by atoms with Gasteiger partial charge in [0.25, 0.3) is 11.8 Å². The van der Waals surface area contributed by atoms with Crippen molar-refractivity contribution in [2.24, 2.45) is 0 Å². The van der Waals surface area contributed by atoms with Crippen molar-refractivity contribution in [3.8, 4) is 0 Å². The molecule has 0 spiro atoms. The van der Waals surface area contributed by atoms with Crippen molar-refractivity contribution < 1.29 is 18.7 Å². The summed E-state index contributed by atoms with van der Waals surface area (Å²) in [6, 6.07) is 10.1. The predicted octanol–water partition coefficient (Wildman–Crippen LogP) is 3.56. The number of nitrogens with zero attached hydrogens (tertiary/aromatic N) is 3. The summed E-state index contributed by atoms with van der Waals surface area (Å²) >= 11 is 0. The van der Waals surface area contributed by atoms with Crippen LogP contribution in [0.3, 0.4) is 0 Å². The lowest BCUT2D eigenvalue weighted by molar-refractivity contribution is 0.0710. The molecule has 1 saturated carbocycles. The highest BCUT2D eigenvalue weighted by Crippen LogP contribution is 2.32. The van der Waals surface area contributed by atoms with E-state index in [4.69, 9.17) is 9.84 Å². The van der Waals surface area contributed by atoms with Gasteiger partial charge in [-0.05, 0) is 49.1 Å². The van der Waals surface area contributed by atoms with E-state index >= 15 is 0 Å². The fourth-order valence-electron chi connectivity index (χ4n) is 5.62. The first-order valence-corrected chi connectivity index (χ1v) is 13.4. The number of H-pyrrole nitrogens is 1. The molecular weight excluding hydrogens is 499 g/mol. The number of nitrogens with one attached hydrogen (secondary N) is 3. The summed E-state index contributed by atoms with van der Waals surface area (Å²) in [5.41, 5.74) is 3.43. The zero-order valence-corrected chi connectivity index (χ0v) is 22.2. The maximum atomic E-state index is 13.6. The molecule has 39 heavy (non-hydrogen) atoms. The molecule has 1 aromatic carbocycles. The summed E-state index contributed by atoms with van der Waals surface area (Å²) in [5.74, 6) is -0.694. The smallest absolute Gasteiger partial charge is 0.272 e. The maximum Gasteiger partial charge on any atom is 0.272 e. The van der Waals surface area contributed by atoms with Crippen LogP contribution in [-0.2, 0) is 17.8 Å². The minimum Gasteiger partial charge on any atom is -0.362 e. The van der Waals surface area contributed by atoms with Gasteiger partial charge in [0.15, 0.2) is 5.69 Å². The van der Waals surface area contributed by atoms with Gasteiger partial charge in [0.05, 0.1) is 26.4 Å². The Labute approximate surface area is 227 Å². The molecule has 5 rings (SSSR count). The van der Waals surface area contributed by atoms with Crippen LogP contribution in [0.25, 0.3) is 0 Å². The first-order valence-electron chi connectivity index (χ1n) is 13.4. The van der Waals surface area contributed by atoms with E-state index in [1.165, 1.54) is 12.1 Å². The van der Waals surface area contributed by atoms with E-state index in [1.807, 2.05) is 11.6 Å². The Morgan fingerprint density at radius 3 is 2.77 bits per heavy atom. The number of ether oxygens (including phenoxy) is 1. The van der Waals surface area contributed by atoms with Crippen molar-refractivity contribution in [1.29, 1.82) is 0 Å². The van der Waals surface area contributed by atoms with Crippen LogP contribution >= 0.6 is 0 Å². The first-order chi connectivity index (χ1) is 18.9. The monoisotopic (exact) mass is 534 g/mol. The van der Waals surface area contributed by atoms with Crippen LogP contribution < -0.4 is 10.6 Å². The number of aromatic amines is 1. The number of carbonyl (C=O) groups excluding carboxylic acids is 2. The molecule has 0 radical (unpaired) electrons. The molecule has 1 aliphatic carbocycles. The molecule has 1 fully saturated rings. The van der Waals surface area contributed by atoms with Gasteiger partial charge in [-0.25, -0.2) is 4.39 Å². The van der Waals surface area contributed by atoms with E-state index in [0.29, 0.717) is 44.4 Å². The summed E-state index contributed by atoms with van der Waals surface area (Å²) in [7, 11) is 0. The standard InChI is InChI=1S/C29H35FN6O3/c1-3-13-39-18-32-22-10-11-23(14-22)33-28(37)26-24-17-35(29(38)25-5-4-12-31-25)15-19(2)27(24)36(34-26)16-20-6-8-21(30)9-7-20/h3-9,12,19,22-23,31-32H,1,10-11,13-18H2,2H3,(H,33,37)/t19-,22?,23?/m1/s1. The number of hydrogen-bond donors (Lipinski definition) is 3. The molecule has 2 aromatic heterocycles. The van der Waals surface area contributed by atoms with Crippen LogP contribution in [-0.4, -0.2) is 63.4 Å². The van der Waals surface area contributed by atoms with Crippen molar-refractivity contribution in [3.63, 3.8) is 0 Å². The zero-order valence-electron chi connectivity index (χ0n) is 22.2. The van der Waals surface area contributed by atoms with E-state index in [9.17, 15) is 14.0 Å². The second-order valence-electron chi connectivity index (χ2n) is 10.4. The van der Waals surface area contributed by atoms with E-state index in [1.54, 1.807) is 41.4 Å². The van der Waals surface area contributed by atoms with Gasteiger partial charge in [-0.2, -0.15) is 5.10 Å². The highest BCUT2D eigenvalue weighted by Gasteiger charge is 2.35. The summed E-state index contributed by atoms with van der Waals surface area (Å²) in [4.78, 5) is 31.5. The molecule has 10 heteroatoms. The van der Waals surface area contributed by atoms with E-state index < -0.39 is 0 Å². The third-order valence-electron chi connectivity index (χ3n) is 7.46. The fraction of sp³-hybridized carbons (Fsp3) is 0.414. The van der Waals surface area contributed by atoms with Gasteiger partial charge in [0.1, 0.15) is 11.5 Å². The molecule has 2 unspecified atom stereocenters. The van der Waals surface area contributed by atoms with Crippen LogP contribution in [0, 0.1) is 5.82 Å². The van der Waals surface area contributed by atoms with Crippen LogP contribution in [0.15, 0.2) is 55.3 Å². The molecule has 2 amide bonds. The molecule has 3 aromatic rings. The maximum absolute atomic E-state index is 13.6. The van der Waals surface area contributed by atoms with Crippen LogP contribution in [0.5, 0.6) is 0 Å². The Morgan fingerprint density at radius 1 is 1.23 bits per heavy atom. The number of amides is 2. The van der Waals surface area contributed by atoms with Gasteiger partial charge in [-0.15, -0.1) is 6.58 Å². The second-order valence-corrected chi connectivity index (χ2v) is 10.4. The quantitative estimate of drug-likeness (QED) is 0.210. The molecule has 3 N–H and O–H groups in total. The lowest BCUT2D eigenvalue weighted by atomic mass is 9.95. The Balaban J connectivity index is 1.36. The molecule has 3 heterocycles. The Bertz CT molecular complexity index is 1300. The van der Waals surface area contributed by atoms with Crippen molar-refractivity contribution >= 4 is 11.8 Å². The summed E-state index contributed by atoms with van der Waals surface area (Å²) < 4.78 is 20.8. The number of halogens is 1. The average molecular weight is 535 g/mol. The minimum atomic E-state index is -0.301. The molecule has 0 saturated heterocycles. The highest BCUT2D eigenvalue weighted by molar-refractivity contribution is 5.95. The molecular formula is C29H35FN6O3. The van der Waals surface area contributed by atoms with Gasteiger partial charge < -0.3 is 19.9 Å². The topological polar surface area (TPSA) is 104 Å². The zero-order chi connectivity index (χ0) is 27.4. The average Bonchev–Trinajstić information content (AvgIpc) is 3.68. The van der Waals surface area contributed by atoms with Crippen molar-refractivity contribution in [1.82, 2.24) is 30.3 Å². The van der Waals surface area contributed by atoms with Crippen LogP contribution in [0.1, 0.15) is 69.9 Å². The van der Waals surface area contributed by atoms with Gasteiger partial charge in [0.2, 0.25) is 0 Å². The largest absolute Gasteiger partial charge is 0.362 e. The lowest BCUT2D eigenvalue weighted by Gasteiger charge is -2.32. The van der Waals surface area contributed by atoms with Crippen LogP contribution in [0.2, 0.25) is 0 Å². The van der Waals surface area contributed by atoms with Crippen LogP contribution in [0.4, 0.5) is 4.39 Å². The minimum absolute atomic E-state index is 0.0185. The second kappa shape index (κ2) is 12.0. The first kappa shape index (κ1) is 26.8. The summed E-state index contributed by atoms with van der Waals surface area (Å²) in [6.45, 7) is 7.83. The van der Waals surface area contributed by atoms with Gasteiger partial charge in [0, 0.05) is 42.0 Å². The Hall–Kier alpha value is -3.76. The van der Waals surface area contributed by atoms with E-state index in [0.717, 1.165) is 36.1 Å². The number of rotatable bonds is 10. The molecule has 2 aliphatic rings. The predicted molar refractivity (Wildman–Crippen MR) is 145 cm³/mol.